The highest BCUT2D eigenvalue weighted by atomic mass is 32.1. The Morgan fingerprint density at radius 3 is 2.53 bits per heavy atom. The van der Waals surface area contributed by atoms with Crippen LogP contribution >= 0.6 is 11.3 Å². The van der Waals surface area contributed by atoms with Crippen molar-refractivity contribution in [3.05, 3.63) is 41.0 Å². The Morgan fingerprint density at radius 2 is 1.84 bits per heavy atom. The largest absolute Gasteiger partial charge is 0.261 e. The minimum absolute atomic E-state index is 1.11. The van der Waals surface area contributed by atoms with E-state index in [1.165, 1.54) is 53.1 Å². The number of aryl methyl sites for hydroxylation is 2. The first kappa shape index (κ1) is 14.3. The molecule has 0 aliphatic rings. The molecular weight excluding hydrogens is 250 g/mol. The summed E-state index contributed by atoms with van der Waals surface area (Å²) >= 11 is 1.90. The second-order valence-corrected chi connectivity index (χ2v) is 6.18. The smallest absolute Gasteiger partial charge is 0.0404 e. The van der Waals surface area contributed by atoms with E-state index in [0.717, 1.165) is 6.42 Å². The van der Waals surface area contributed by atoms with E-state index in [2.05, 4.69) is 43.1 Å². The fourth-order valence-electron chi connectivity index (χ4n) is 2.19. The highest BCUT2D eigenvalue weighted by Crippen LogP contribution is 2.28. The summed E-state index contributed by atoms with van der Waals surface area (Å²) in [6.07, 6.45) is 9.37. The molecule has 19 heavy (non-hydrogen) atoms. The normalized spacial score (nSPS) is 10.8. The number of rotatable bonds is 7. The van der Waals surface area contributed by atoms with Crippen molar-refractivity contribution in [3.63, 3.8) is 0 Å². The predicted octanol–water partition coefficient (Wildman–Crippen LogP) is 5.50. The molecule has 0 spiro atoms. The van der Waals surface area contributed by atoms with Crippen LogP contribution < -0.4 is 0 Å². The van der Waals surface area contributed by atoms with E-state index in [9.17, 15) is 0 Å². The maximum Gasteiger partial charge on any atom is 0.0404 e. The van der Waals surface area contributed by atoms with Gasteiger partial charge in [0.1, 0.15) is 0 Å². The number of unbranched alkanes of at least 4 members (excludes halogenated alkanes) is 2. The summed E-state index contributed by atoms with van der Waals surface area (Å²) in [4.78, 5) is 7.41. The van der Waals surface area contributed by atoms with Gasteiger partial charge in [-0.15, -0.1) is 11.3 Å². The number of aromatic nitrogens is 1. The van der Waals surface area contributed by atoms with Crippen molar-refractivity contribution in [1.82, 2.24) is 4.98 Å². The quantitative estimate of drug-likeness (QED) is 0.607. The summed E-state index contributed by atoms with van der Waals surface area (Å²) in [5.41, 5.74) is 2.48. The van der Waals surface area contributed by atoms with Gasteiger partial charge in [0.05, 0.1) is 0 Å². The summed E-state index contributed by atoms with van der Waals surface area (Å²) in [6.45, 7) is 4.47. The maximum absolute atomic E-state index is 4.59. The van der Waals surface area contributed by atoms with Gasteiger partial charge in [0, 0.05) is 27.2 Å². The molecule has 0 amide bonds. The first-order valence-electron chi connectivity index (χ1n) is 7.37. The highest BCUT2D eigenvalue weighted by Gasteiger charge is 2.03. The van der Waals surface area contributed by atoms with Crippen LogP contribution in [0.1, 0.15) is 50.1 Å². The molecule has 0 saturated heterocycles. The van der Waals surface area contributed by atoms with Crippen LogP contribution in [0.15, 0.2) is 30.5 Å². The zero-order valence-electron chi connectivity index (χ0n) is 12.0. The van der Waals surface area contributed by atoms with Crippen LogP contribution in [0.5, 0.6) is 0 Å². The lowest BCUT2D eigenvalue weighted by molar-refractivity contribution is 0.707. The van der Waals surface area contributed by atoms with Crippen molar-refractivity contribution in [2.75, 3.05) is 0 Å². The van der Waals surface area contributed by atoms with Gasteiger partial charge in [-0.05, 0) is 37.5 Å². The monoisotopic (exact) mass is 273 g/mol. The molecular formula is C17H23NS. The molecule has 0 bridgehead atoms. The number of nitrogens with zero attached hydrogens (tertiary/aromatic N) is 1. The SMILES string of the molecule is CCCCCc1ccc(-c2ccc(CCC)s2)cn1. The predicted molar refractivity (Wildman–Crippen MR) is 84.8 cm³/mol. The second-order valence-electron chi connectivity index (χ2n) is 5.01. The molecule has 0 N–H and O–H groups in total. The molecule has 0 aliphatic carbocycles. The number of hydrogen-bond acceptors (Lipinski definition) is 2. The zero-order valence-corrected chi connectivity index (χ0v) is 12.8. The Kier molecular flexibility index (Phi) is 5.59. The molecule has 2 rings (SSSR count). The van der Waals surface area contributed by atoms with E-state index in [1.807, 2.05) is 17.5 Å². The molecule has 2 aromatic rings. The lowest BCUT2D eigenvalue weighted by atomic mass is 10.1. The lowest BCUT2D eigenvalue weighted by Crippen LogP contribution is -1.89. The Bertz CT molecular complexity index is 484. The van der Waals surface area contributed by atoms with Crippen LogP contribution in [0.2, 0.25) is 0 Å². The Balaban J connectivity index is 2.00. The number of thiophene rings is 1. The second kappa shape index (κ2) is 7.44. The highest BCUT2D eigenvalue weighted by molar-refractivity contribution is 7.15. The molecule has 0 radical (unpaired) electrons. The van der Waals surface area contributed by atoms with E-state index in [0.29, 0.717) is 0 Å². The minimum Gasteiger partial charge on any atom is -0.261 e. The molecule has 0 fully saturated rings. The molecule has 0 aliphatic heterocycles. The number of pyridine rings is 1. The molecule has 102 valence electrons. The molecule has 2 heteroatoms. The van der Waals surface area contributed by atoms with E-state index in [4.69, 9.17) is 0 Å². The third kappa shape index (κ3) is 4.17. The van der Waals surface area contributed by atoms with Gasteiger partial charge in [-0.25, -0.2) is 0 Å². The van der Waals surface area contributed by atoms with Crippen LogP contribution in [0.4, 0.5) is 0 Å². The Labute approximate surface area is 120 Å². The Morgan fingerprint density at radius 1 is 0.947 bits per heavy atom. The summed E-state index contributed by atoms with van der Waals surface area (Å²) in [5, 5.41) is 0. The van der Waals surface area contributed by atoms with E-state index >= 15 is 0 Å². The van der Waals surface area contributed by atoms with Gasteiger partial charge in [-0.1, -0.05) is 39.2 Å². The van der Waals surface area contributed by atoms with Gasteiger partial charge in [0.25, 0.3) is 0 Å². The fourth-order valence-corrected chi connectivity index (χ4v) is 3.29. The molecule has 0 saturated carbocycles. The molecule has 0 aromatic carbocycles. The molecule has 0 atom stereocenters. The molecule has 1 nitrogen and oxygen atoms in total. The van der Waals surface area contributed by atoms with Crippen LogP contribution in [-0.4, -0.2) is 4.98 Å². The van der Waals surface area contributed by atoms with Gasteiger partial charge in [0.2, 0.25) is 0 Å². The Hall–Kier alpha value is -1.15. The number of hydrogen-bond donors (Lipinski definition) is 0. The van der Waals surface area contributed by atoms with Crippen LogP contribution in [-0.2, 0) is 12.8 Å². The summed E-state index contributed by atoms with van der Waals surface area (Å²) < 4.78 is 0. The topological polar surface area (TPSA) is 12.9 Å². The van der Waals surface area contributed by atoms with Crippen molar-refractivity contribution in [2.24, 2.45) is 0 Å². The van der Waals surface area contributed by atoms with Crippen molar-refractivity contribution in [1.29, 1.82) is 0 Å². The zero-order chi connectivity index (χ0) is 13.5. The first-order chi connectivity index (χ1) is 9.33. The van der Waals surface area contributed by atoms with Crippen molar-refractivity contribution < 1.29 is 0 Å². The maximum atomic E-state index is 4.59. The van der Waals surface area contributed by atoms with Gasteiger partial charge in [-0.2, -0.15) is 0 Å². The molecule has 2 aromatic heterocycles. The average Bonchev–Trinajstić information content (AvgIpc) is 2.89. The van der Waals surface area contributed by atoms with Crippen LogP contribution in [0, 0.1) is 0 Å². The van der Waals surface area contributed by atoms with Crippen molar-refractivity contribution >= 4 is 11.3 Å². The fraction of sp³-hybridized carbons (Fsp3) is 0.471. The van der Waals surface area contributed by atoms with Crippen LogP contribution in [0.25, 0.3) is 10.4 Å². The summed E-state index contributed by atoms with van der Waals surface area (Å²) in [5.74, 6) is 0. The van der Waals surface area contributed by atoms with Gasteiger partial charge in [-0.3, -0.25) is 4.98 Å². The third-order valence-electron chi connectivity index (χ3n) is 3.30. The van der Waals surface area contributed by atoms with Crippen LogP contribution in [0.3, 0.4) is 0 Å². The van der Waals surface area contributed by atoms with Crippen molar-refractivity contribution in [2.45, 2.75) is 52.4 Å². The standard InChI is InChI=1S/C17H23NS/c1-3-5-6-8-15-10-9-14(13-18-15)17-12-11-16(19-17)7-4-2/h9-13H,3-8H2,1-2H3. The van der Waals surface area contributed by atoms with E-state index in [1.54, 1.807) is 0 Å². The third-order valence-corrected chi connectivity index (χ3v) is 4.50. The summed E-state index contributed by atoms with van der Waals surface area (Å²) in [7, 11) is 0. The van der Waals surface area contributed by atoms with Gasteiger partial charge in [0.15, 0.2) is 0 Å². The van der Waals surface area contributed by atoms with Gasteiger partial charge < -0.3 is 0 Å². The van der Waals surface area contributed by atoms with Gasteiger partial charge >= 0.3 is 0 Å². The van der Waals surface area contributed by atoms with E-state index < -0.39 is 0 Å². The molecule has 2 heterocycles. The first-order valence-corrected chi connectivity index (χ1v) is 8.19. The molecule has 0 unspecified atom stereocenters. The average molecular weight is 273 g/mol. The van der Waals surface area contributed by atoms with E-state index in [-0.39, 0.29) is 0 Å². The van der Waals surface area contributed by atoms with Crippen molar-refractivity contribution in [3.8, 4) is 10.4 Å². The lowest BCUT2D eigenvalue weighted by Gasteiger charge is -2.01. The minimum atomic E-state index is 1.11. The summed E-state index contributed by atoms with van der Waals surface area (Å²) in [6, 6.07) is 8.88.